The van der Waals surface area contributed by atoms with E-state index in [-0.39, 0.29) is 64.9 Å². The van der Waals surface area contributed by atoms with E-state index >= 15 is 0 Å². The van der Waals surface area contributed by atoms with Crippen molar-refractivity contribution in [3.8, 4) is 0 Å². The summed E-state index contributed by atoms with van der Waals surface area (Å²) in [6.45, 7) is 15.3. The van der Waals surface area contributed by atoms with E-state index in [1.165, 1.54) is 7.11 Å². The molecule has 0 atom stereocenters. The fourth-order valence-electron chi connectivity index (χ4n) is 3.00. The standard InChI is InChI=1S/C27H36O11/c1-7-21(28)12-13-26(17-35-22(29)8-2,18-36-23(30)9-3)15-34-16-27(14-33-6,19-37-24(31)10-4)20-38-25(32)11-5/h7-11H,1-5,12-20H2,6H3. The molecule has 0 aliphatic carbocycles. The Balaban J connectivity index is 6.04. The molecule has 0 aromatic carbocycles. The van der Waals surface area contributed by atoms with E-state index in [1.807, 2.05) is 0 Å². The summed E-state index contributed by atoms with van der Waals surface area (Å²) in [5.41, 5.74) is -2.34. The molecule has 11 heteroatoms. The Hall–Kier alpha value is -3.83. The summed E-state index contributed by atoms with van der Waals surface area (Å²) in [6.07, 6.45) is 5.07. The van der Waals surface area contributed by atoms with Crippen molar-refractivity contribution in [2.75, 3.05) is 53.4 Å². The van der Waals surface area contributed by atoms with Crippen LogP contribution in [0.5, 0.6) is 0 Å². The van der Waals surface area contributed by atoms with E-state index in [4.69, 9.17) is 28.4 Å². The van der Waals surface area contributed by atoms with Crippen LogP contribution in [0.2, 0.25) is 0 Å². The average molecular weight is 537 g/mol. The lowest BCUT2D eigenvalue weighted by Gasteiger charge is -2.35. The smallest absolute Gasteiger partial charge is 0.330 e. The van der Waals surface area contributed by atoms with Gasteiger partial charge in [-0.05, 0) is 12.5 Å². The summed E-state index contributed by atoms with van der Waals surface area (Å²) in [6, 6.07) is 0. The molecular formula is C27H36O11. The first-order valence-electron chi connectivity index (χ1n) is 11.4. The van der Waals surface area contributed by atoms with Crippen LogP contribution in [0.4, 0.5) is 0 Å². The minimum absolute atomic E-state index is 0.0127. The molecule has 0 N–H and O–H groups in total. The van der Waals surface area contributed by atoms with Crippen LogP contribution in [0.1, 0.15) is 12.8 Å². The Morgan fingerprint density at radius 2 is 0.921 bits per heavy atom. The van der Waals surface area contributed by atoms with Gasteiger partial charge in [-0.3, -0.25) is 4.79 Å². The minimum Gasteiger partial charge on any atom is -0.462 e. The Kier molecular flexibility index (Phi) is 16.6. The Morgan fingerprint density at radius 1 is 0.553 bits per heavy atom. The Labute approximate surface area is 222 Å². The number of methoxy groups -OCH3 is 1. The van der Waals surface area contributed by atoms with E-state index in [1.54, 1.807) is 0 Å². The van der Waals surface area contributed by atoms with Crippen molar-refractivity contribution in [3.05, 3.63) is 63.3 Å². The van der Waals surface area contributed by atoms with Crippen molar-refractivity contribution in [2.24, 2.45) is 10.8 Å². The highest BCUT2D eigenvalue weighted by atomic mass is 16.6. The zero-order valence-electron chi connectivity index (χ0n) is 21.8. The molecule has 0 rings (SSSR count). The number of hydrogen-bond donors (Lipinski definition) is 0. The highest BCUT2D eigenvalue weighted by Gasteiger charge is 2.38. The number of rotatable bonds is 22. The topological polar surface area (TPSA) is 141 Å². The van der Waals surface area contributed by atoms with Crippen LogP contribution >= 0.6 is 0 Å². The predicted molar refractivity (Wildman–Crippen MR) is 137 cm³/mol. The first-order chi connectivity index (χ1) is 18.0. The number of carbonyl (C=O) groups excluding carboxylic acids is 5. The van der Waals surface area contributed by atoms with Gasteiger partial charge >= 0.3 is 23.9 Å². The van der Waals surface area contributed by atoms with Crippen molar-refractivity contribution < 1.29 is 52.4 Å². The van der Waals surface area contributed by atoms with Crippen LogP contribution in [0.15, 0.2) is 63.3 Å². The lowest BCUT2D eigenvalue weighted by atomic mass is 9.84. The fraction of sp³-hybridized carbons (Fsp3) is 0.444. The fourth-order valence-corrected chi connectivity index (χ4v) is 3.00. The quantitative estimate of drug-likeness (QED) is 0.114. The molecule has 0 aromatic rings. The third-order valence-electron chi connectivity index (χ3n) is 5.15. The second-order valence-corrected chi connectivity index (χ2v) is 8.34. The molecule has 0 aliphatic heterocycles. The van der Waals surface area contributed by atoms with Gasteiger partial charge in [-0.25, -0.2) is 19.2 Å². The molecule has 0 bridgehead atoms. The van der Waals surface area contributed by atoms with E-state index in [0.717, 1.165) is 30.4 Å². The molecule has 210 valence electrons. The molecule has 0 aliphatic rings. The molecule has 0 unspecified atom stereocenters. The number of ketones is 1. The second kappa shape index (κ2) is 18.4. The van der Waals surface area contributed by atoms with Crippen molar-refractivity contribution >= 4 is 29.7 Å². The van der Waals surface area contributed by atoms with Crippen molar-refractivity contribution in [1.29, 1.82) is 0 Å². The maximum Gasteiger partial charge on any atom is 0.330 e. The van der Waals surface area contributed by atoms with Crippen LogP contribution in [-0.4, -0.2) is 83.0 Å². The van der Waals surface area contributed by atoms with Crippen LogP contribution in [0, 0.1) is 10.8 Å². The summed E-state index contributed by atoms with van der Waals surface area (Å²) in [5, 5.41) is 0. The summed E-state index contributed by atoms with van der Waals surface area (Å²) in [7, 11) is 1.40. The van der Waals surface area contributed by atoms with Gasteiger partial charge in [-0.1, -0.05) is 32.9 Å². The maximum atomic E-state index is 12.0. The monoisotopic (exact) mass is 536 g/mol. The lowest BCUT2D eigenvalue weighted by molar-refractivity contribution is -0.161. The van der Waals surface area contributed by atoms with Crippen LogP contribution in [-0.2, 0) is 52.4 Å². The number of ether oxygens (including phenoxy) is 6. The summed E-state index contributed by atoms with van der Waals surface area (Å²) < 4.78 is 32.1. The highest BCUT2D eigenvalue weighted by Crippen LogP contribution is 2.29. The minimum atomic E-state index is -1.18. The van der Waals surface area contributed by atoms with Gasteiger partial charge in [0.25, 0.3) is 0 Å². The first kappa shape index (κ1) is 34.2. The predicted octanol–water partition coefficient (Wildman–Crippen LogP) is 2.07. The summed E-state index contributed by atoms with van der Waals surface area (Å²) in [5.74, 6) is -3.20. The second-order valence-electron chi connectivity index (χ2n) is 8.34. The zero-order chi connectivity index (χ0) is 29.0. The van der Waals surface area contributed by atoms with Crippen LogP contribution < -0.4 is 0 Å². The highest BCUT2D eigenvalue weighted by molar-refractivity contribution is 5.89. The molecule has 0 aromatic heterocycles. The van der Waals surface area contributed by atoms with Crippen LogP contribution in [0.25, 0.3) is 0 Å². The van der Waals surface area contributed by atoms with Crippen LogP contribution in [0.3, 0.4) is 0 Å². The third kappa shape index (κ3) is 13.5. The van der Waals surface area contributed by atoms with E-state index in [0.29, 0.717) is 0 Å². The third-order valence-corrected chi connectivity index (χ3v) is 5.15. The van der Waals surface area contributed by atoms with Crippen molar-refractivity contribution in [2.45, 2.75) is 12.8 Å². The van der Waals surface area contributed by atoms with Gasteiger partial charge in [0, 0.05) is 37.8 Å². The van der Waals surface area contributed by atoms with Crippen molar-refractivity contribution in [1.82, 2.24) is 0 Å². The van der Waals surface area contributed by atoms with Gasteiger partial charge in [0.15, 0.2) is 5.78 Å². The van der Waals surface area contributed by atoms with Gasteiger partial charge < -0.3 is 28.4 Å². The molecule has 0 saturated heterocycles. The molecular weight excluding hydrogens is 500 g/mol. The number of hydrogen-bond acceptors (Lipinski definition) is 11. The van der Waals surface area contributed by atoms with Crippen molar-refractivity contribution in [3.63, 3.8) is 0 Å². The van der Waals surface area contributed by atoms with Gasteiger partial charge in [0.2, 0.25) is 0 Å². The lowest BCUT2D eigenvalue weighted by Crippen LogP contribution is -2.45. The molecule has 38 heavy (non-hydrogen) atoms. The van der Waals surface area contributed by atoms with Gasteiger partial charge in [-0.15, -0.1) is 0 Å². The SMILES string of the molecule is C=CC(=O)CCC(COCC(COC)(COC(=O)C=C)COC(=O)C=C)(COC(=O)C=C)COC(=O)C=C. The Bertz CT molecular complexity index is 804. The van der Waals surface area contributed by atoms with E-state index in [9.17, 15) is 24.0 Å². The van der Waals surface area contributed by atoms with E-state index < -0.39 is 34.7 Å². The zero-order valence-corrected chi connectivity index (χ0v) is 21.8. The molecule has 0 radical (unpaired) electrons. The molecule has 0 heterocycles. The Morgan fingerprint density at radius 3 is 1.26 bits per heavy atom. The summed E-state index contributed by atoms with van der Waals surface area (Å²) in [4.78, 5) is 59.0. The van der Waals surface area contributed by atoms with E-state index in [2.05, 4.69) is 32.9 Å². The summed E-state index contributed by atoms with van der Waals surface area (Å²) >= 11 is 0. The molecule has 0 fully saturated rings. The largest absolute Gasteiger partial charge is 0.462 e. The number of carbonyl (C=O) groups is 5. The number of allylic oxidation sites excluding steroid dienone is 1. The molecule has 0 amide bonds. The number of esters is 4. The van der Waals surface area contributed by atoms with Gasteiger partial charge in [-0.2, -0.15) is 0 Å². The maximum absolute atomic E-state index is 12.0. The molecule has 11 nitrogen and oxygen atoms in total. The first-order valence-corrected chi connectivity index (χ1v) is 11.4. The average Bonchev–Trinajstić information content (AvgIpc) is 2.94. The molecule has 0 spiro atoms. The molecule has 0 saturated carbocycles. The van der Waals surface area contributed by atoms with Gasteiger partial charge in [0.1, 0.15) is 26.4 Å². The normalized spacial score (nSPS) is 10.9. The van der Waals surface area contributed by atoms with Gasteiger partial charge in [0.05, 0.1) is 30.7 Å².